The standard InChI is InChI=1S/C25H31F2N3O/c1-2-28-14-4-3-5-23(28)25(31)30-17-15-29(16-18-30)24(19-6-10-21(26)11-7-19)20-8-12-22(27)13-9-20/h6-13,23-24H,2-5,14-18H2,1H3/t23-/m1/s1. The molecule has 2 aromatic carbocycles. The number of piperidine rings is 1. The molecular weight excluding hydrogens is 396 g/mol. The quantitative estimate of drug-likeness (QED) is 0.720. The van der Waals surface area contributed by atoms with Crippen LogP contribution in [0.15, 0.2) is 48.5 Å². The molecule has 0 radical (unpaired) electrons. The molecule has 0 spiro atoms. The van der Waals surface area contributed by atoms with E-state index in [1.807, 2.05) is 4.90 Å². The van der Waals surface area contributed by atoms with Crippen LogP contribution in [0, 0.1) is 11.6 Å². The lowest BCUT2D eigenvalue weighted by atomic mass is 9.96. The van der Waals surface area contributed by atoms with Gasteiger partial charge in [0, 0.05) is 26.2 Å². The van der Waals surface area contributed by atoms with E-state index < -0.39 is 0 Å². The molecule has 0 unspecified atom stereocenters. The van der Waals surface area contributed by atoms with E-state index in [2.05, 4.69) is 16.7 Å². The van der Waals surface area contributed by atoms with Crippen LogP contribution in [-0.2, 0) is 4.79 Å². The average molecular weight is 428 g/mol. The van der Waals surface area contributed by atoms with Crippen LogP contribution in [0.2, 0.25) is 0 Å². The van der Waals surface area contributed by atoms with Crippen LogP contribution in [0.5, 0.6) is 0 Å². The molecule has 4 nitrogen and oxygen atoms in total. The molecule has 4 rings (SSSR count). The predicted octanol–water partition coefficient (Wildman–Crippen LogP) is 4.07. The van der Waals surface area contributed by atoms with E-state index >= 15 is 0 Å². The van der Waals surface area contributed by atoms with Crippen LogP contribution in [0.25, 0.3) is 0 Å². The maximum absolute atomic E-state index is 13.5. The van der Waals surface area contributed by atoms with Gasteiger partial charge in [0.15, 0.2) is 0 Å². The third-order valence-corrected chi connectivity index (χ3v) is 6.67. The number of likely N-dealkylation sites (tertiary alicyclic amines) is 1. The normalized spacial score (nSPS) is 20.9. The smallest absolute Gasteiger partial charge is 0.240 e. The highest BCUT2D eigenvalue weighted by Gasteiger charge is 2.34. The van der Waals surface area contributed by atoms with Crippen LogP contribution < -0.4 is 0 Å². The van der Waals surface area contributed by atoms with Gasteiger partial charge in [0.05, 0.1) is 12.1 Å². The number of amides is 1. The number of likely N-dealkylation sites (N-methyl/N-ethyl adjacent to an activating group) is 1. The molecule has 2 fully saturated rings. The van der Waals surface area contributed by atoms with E-state index in [9.17, 15) is 13.6 Å². The Kier molecular flexibility index (Phi) is 6.98. The highest BCUT2D eigenvalue weighted by Crippen LogP contribution is 2.30. The number of nitrogens with zero attached hydrogens (tertiary/aromatic N) is 3. The molecule has 6 heteroatoms. The molecule has 0 N–H and O–H groups in total. The van der Waals surface area contributed by atoms with Crippen molar-refractivity contribution < 1.29 is 13.6 Å². The fourth-order valence-electron chi connectivity index (χ4n) is 4.96. The lowest BCUT2D eigenvalue weighted by Gasteiger charge is -2.42. The van der Waals surface area contributed by atoms with Crippen molar-refractivity contribution in [2.75, 3.05) is 39.3 Å². The van der Waals surface area contributed by atoms with Crippen molar-refractivity contribution in [3.8, 4) is 0 Å². The Morgan fingerprint density at radius 2 is 1.42 bits per heavy atom. The first-order chi connectivity index (χ1) is 15.1. The van der Waals surface area contributed by atoms with Crippen LogP contribution in [0.1, 0.15) is 43.4 Å². The summed E-state index contributed by atoms with van der Waals surface area (Å²) in [7, 11) is 0. The Labute approximate surface area is 183 Å². The SMILES string of the molecule is CCN1CCCC[C@@H]1C(=O)N1CCN(C(c2ccc(F)cc2)c2ccc(F)cc2)CC1. The molecule has 2 aliphatic heterocycles. The van der Waals surface area contributed by atoms with Crippen molar-refractivity contribution >= 4 is 5.91 Å². The first-order valence-electron chi connectivity index (χ1n) is 11.3. The van der Waals surface area contributed by atoms with Crippen molar-refractivity contribution in [2.45, 2.75) is 38.3 Å². The Hall–Kier alpha value is -2.31. The highest BCUT2D eigenvalue weighted by molar-refractivity contribution is 5.82. The second kappa shape index (κ2) is 9.88. The summed E-state index contributed by atoms with van der Waals surface area (Å²) >= 11 is 0. The topological polar surface area (TPSA) is 26.8 Å². The van der Waals surface area contributed by atoms with Gasteiger partial charge < -0.3 is 4.90 Å². The number of rotatable bonds is 5. The molecule has 0 saturated carbocycles. The summed E-state index contributed by atoms with van der Waals surface area (Å²) in [4.78, 5) is 19.8. The average Bonchev–Trinajstić information content (AvgIpc) is 2.81. The zero-order valence-electron chi connectivity index (χ0n) is 18.1. The van der Waals surface area contributed by atoms with Crippen molar-refractivity contribution in [2.24, 2.45) is 0 Å². The van der Waals surface area contributed by atoms with E-state index in [-0.39, 0.29) is 29.6 Å². The van der Waals surface area contributed by atoms with Crippen molar-refractivity contribution in [1.29, 1.82) is 0 Å². The summed E-state index contributed by atoms with van der Waals surface area (Å²) in [6.45, 7) is 6.84. The second-order valence-electron chi connectivity index (χ2n) is 8.51. The van der Waals surface area contributed by atoms with Gasteiger partial charge in [0.25, 0.3) is 0 Å². The number of carbonyl (C=O) groups is 1. The summed E-state index contributed by atoms with van der Waals surface area (Å²) in [5.74, 6) is -0.295. The van der Waals surface area contributed by atoms with Crippen LogP contribution in [0.3, 0.4) is 0 Å². The van der Waals surface area contributed by atoms with Gasteiger partial charge >= 0.3 is 0 Å². The number of piperazine rings is 1. The zero-order valence-corrected chi connectivity index (χ0v) is 18.1. The number of carbonyl (C=O) groups excluding carboxylic acids is 1. The lowest BCUT2D eigenvalue weighted by molar-refractivity contribution is -0.140. The molecule has 0 aliphatic carbocycles. The van der Waals surface area contributed by atoms with E-state index in [0.29, 0.717) is 13.1 Å². The Balaban J connectivity index is 1.49. The molecule has 0 bridgehead atoms. The lowest BCUT2D eigenvalue weighted by Crippen LogP contribution is -2.56. The van der Waals surface area contributed by atoms with E-state index in [1.54, 1.807) is 24.3 Å². The van der Waals surface area contributed by atoms with Crippen molar-refractivity contribution in [1.82, 2.24) is 14.7 Å². The maximum atomic E-state index is 13.5. The molecule has 2 aromatic rings. The van der Waals surface area contributed by atoms with Gasteiger partial charge in [-0.05, 0) is 61.3 Å². The molecule has 166 valence electrons. The number of hydrogen-bond acceptors (Lipinski definition) is 3. The minimum atomic E-state index is -0.273. The van der Waals surface area contributed by atoms with E-state index in [1.165, 1.54) is 30.7 Å². The van der Waals surface area contributed by atoms with Gasteiger partial charge in [0.2, 0.25) is 5.91 Å². The summed E-state index contributed by atoms with van der Waals surface area (Å²) in [5, 5.41) is 0. The van der Waals surface area contributed by atoms with E-state index in [0.717, 1.165) is 50.1 Å². The Morgan fingerprint density at radius 3 is 1.94 bits per heavy atom. The summed E-state index contributed by atoms with van der Waals surface area (Å²) in [5.41, 5.74) is 1.94. The van der Waals surface area contributed by atoms with Gasteiger partial charge in [-0.1, -0.05) is 37.6 Å². The minimum Gasteiger partial charge on any atom is -0.339 e. The third kappa shape index (κ3) is 4.96. The molecule has 0 aromatic heterocycles. The van der Waals surface area contributed by atoms with Gasteiger partial charge in [-0.2, -0.15) is 0 Å². The molecular formula is C25H31F2N3O. The fourth-order valence-corrected chi connectivity index (χ4v) is 4.96. The van der Waals surface area contributed by atoms with Crippen molar-refractivity contribution in [3.05, 3.63) is 71.3 Å². The molecule has 1 atom stereocenters. The second-order valence-corrected chi connectivity index (χ2v) is 8.51. The number of hydrogen-bond donors (Lipinski definition) is 0. The fraction of sp³-hybridized carbons (Fsp3) is 0.480. The number of benzene rings is 2. The molecule has 31 heavy (non-hydrogen) atoms. The molecule has 2 saturated heterocycles. The maximum Gasteiger partial charge on any atom is 0.240 e. The first-order valence-corrected chi connectivity index (χ1v) is 11.3. The summed E-state index contributed by atoms with van der Waals surface area (Å²) in [6.07, 6.45) is 3.23. The van der Waals surface area contributed by atoms with Crippen molar-refractivity contribution in [3.63, 3.8) is 0 Å². The minimum absolute atomic E-state index is 0.00953. The largest absolute Gasteiger partial charge is 0.339 e. The van der Waals surface area contributed by atoms with Gasteiger partial charge in [-0.3, -0.25) is 14.6 Å². The summed E-state index contributed by atoms with van der Waals surface area (Å²) < 4.78 is 27.0. The van der Waals surface area contributed by atoms with Gasteiger partial charge in [-0.15, -0.1) is 0 Å². The summed E-state index contributed by atoms with van der Waals surface area (Å²) in [6, 6.07) is 13.0. The predicted molar refractivity (Wildman–Crippen MR) is 118 cm³/mol. The van der Waals surface area contributed by atoms with Crippen LogP contribution in [0.4, 0.5) is 8.78 Å². The zero-order chi connectivity index (χ0) is 21.8. The Bertz CT molecular complexity index is 818. The highest BCUT2D eigenvalue weighted by atomic mass is 19.1. The van der Waals surface area contributed by atoms with Crippen LogP contribution in [-0.4, -0.2) is 65.9 Å². The molecule has 2 heterocycles. The first kappa shape index (κ1) is 21.9. The number of halogens is 2. The Morgan fingerprint density at radius 1 is 0.871 bits per heavy atom. The third-order valence-electron chi connectivity index (χ3n) is 6.67. The van der Waals surface area contributed by atoms with Gasteiger partial charge in [-0.25, -0.2) is 8.78 Å². The molecule has 1 amide bonds. The van der Waals surface area contributed by atoms with Crippen LogP contribution >= 0.6 is 0 Å². The van der Waals surface area contributed by atoms with E-state index in [4.69, 9.17) is 0 Å². The monoisotopic (exact) mass is 427 g/mol. The van der Waals surface area contributed by atoms with Gasteiger partial charge in [0.1, 0.15) is 11.6 Å². The molecule has 2 aliphatic rings.